The molecule has 0 aliphatic rings. The standard InChI is InChI=1S/C16H26FNO/c1-12(2)18-11-13-6-7-15(14(17)10-13)19-9-8-16(3,4)5/h6-7,10,12,18H,8-9,11H2,1-5H3. The minimum Gasteiger partial charge on any atom is -0.490 e. The molecule has 0 aliphatic carbocycles. The Labute approximate surface area is 116 Å². The van der Waals surface area contributed by atoms with Crippen molar-refractivity contribution in [3.05, 3.63) is 29.6 Å². The number of benzene rings is 1. The SMILES string of the molecule is CC(C)NCc1ccc(OCCC(C)(C)C)c(F)c1. The maximum absolute atomic E-state index is 13.8. The predicted octanol–water partition coefficient (Wildman–Crippen LogP) is 4.14. The van der Waals surface area contributed by atoms with Gasteiger partial charge in [-0.15, -0.1) is 0 Å². The fourth-order valence-corrected chi connectivity index (χ4v) is 1.56. The summed E-state index contributed by atoms with van der Waals surface area (Å²) in [6.07, 6.45) is 0.906. The zero-order chi connectivity index (χ0) is 14.5. The fourth-order valence-electron chi connectivity index (χ4n) is 1.56. The topological polar surface area (TPSA) is 21.3 Å². The Morgan fingerprint density at radius 2 is 1.95 bits per heavy atom. The summed E-state index contributed by atoms with van der Waals surface area (Å²) in [5.74, 6) is 0.0644. The second-order valence-electron chi connectivity index (χ2n) is 6.46. The number of hydrogen-bond donors (Lipinski definition) is 1. The Hall–Kier alpha value is -1.09. The van der Waals surface area contributed by atoms with Gasteiger partial charge in [-0.2, -0.15) is 0 Å². The average Bonchev–Trinajstić information content (AvgIpc) is 2.27. The smallest absolute Gasteiger partial charge is 0.165 e. The second-order valence-corrected chi connectivity index (χ2v) is 6.46. The molecule has 0 aliphatic heterocycles. The van der Waals surface area contributed by atoms with Crippen LogP contribution in [0.15, 0.2) is 18.2 Å². The summed E-state index contributed by atoms with van der Waals surface area (Å²) in [6, 6.07) is 5.56. The molecule has 0 fully saturated rings. The first-order valence-electron chi connectivity index (χ1n) is 6.92. The van der Waals surface area contributed by atoms with Crippen molar-refractivity contribution in [2.75, 3.05) is 6.61 Å². The molecule has 0 amide bonds. The van der Waals surface area contributed by atoms with E-state index in [9.17, 15) is 4.39 Å². The number of hydrogen-bond acceptors (Lipinski definition) is 2. The van der Waals surface area contributed by atoms with E-state index in [-0.39, 0.29) is 11.2 Å². The molecule has 1 rings (SSSR count). The summed E-state index contributed by atoms with van der Waals surface area (Å²) in [5, 5.41) is 3.26. The van der Waals surface area contributed by atoms with Crippen LogP contribution >= 0.6 is 0 Å². The molecule has 0 radical (unpaired) electrons. The van der Waals surface area contributed by atoms with Crippen molar-refractivity contribution in [2.24, 2.45) is 5.41 Å². The highest BCUT2D eigenvalue weighted by Gasteiger charge is 2.11. The summed E-state index contributed by atoms with van der Waals surface area (Å²) in [4.78, 5) is 0. The second kappa shape index (κ2) is 6.90. The van der Waals surface area contributed by atoms with E-state index in [1.54, 1.807) is 12.1 Å². The molecule has 3 heteroatoms. The normalized spacial score (nSPS) is 11.9. The van der Waals surface area contributed by atoms with E-state index in [0.29, 0.717) is 24.9 Å². The van der Waals surface area contributed by atoms with Crippen LogP contribution in [0.25, 0.3) is 0 Å². The van der Waals surface area contributed by atoms with Gasteiger partial charge in [0.1, 0.15) is 0 Å². The van der Waals surface area contributed by atoms with Gasteiger partial charge in [0, 0.05) is 12.6 Å². The molecule has 1 aromatic carbocycles. The summed E-state index contributed by atoms with van der Waals surface area (Å²) in [6.45, 7) is 11.8. The van der Waals surface area contributed by atoms with Crippen LogP contribution in [0.2, 0.25) is 0 Å². The Morgan fingerprint density at radius 1 is 1.26 bits per heavy atom. The third kappa shape index (κ3) is 6.58. The van der Waals surface area contributed by atoms with Gasteiger partial charge in [0.2, 0.25) is 0 Å². The third-order valence-electron chi connectivity index (χ3n) is 2.82. The third-order valence-corrected chi connectivity index (χ3v) is 2.82. The zero-order valence-corrected chi connectivity index (χ0v) is 12.7. The Morgan fingerprint density at radius 3 is 2.47 bits per heavy atom. The molecular formula is C16H26FNO. The predicted molar refractivity (Wildman–Crippen MR) is 77.9 cm³/mol. The summed E-state index contributed by atoms with van der Waals surface area (Å²) >= 11 is 0. The van der Waals surface area contributed by atoms with Gasteiger partial charge in [0.25, 0.3) is 0 Å². The number of nitrogens with one attached hydrogen (secondary N) is 1. The van der Waals surface area contributed by atoms with E-state index in [4.69, 9.17) is 4.74 Å². The molecule has 0 spiro atoms. The maximum atomic E-state index is 13.8. The maximum Gasteiger partial charge on any atom is 0.165 e. The molecule has 0 bridgehead atoms. The van der Waals surface area contributed by atoms with Crippen molar-refractivity contribution in [3.63, 3.8) is 0 Å². The lowest BCUT2D eigenvalue weighted by Crippen LogP contribution is -2.21. The minimum absolute atomic E-state index is 0.206. The molecule has 0 aromatic heterocycles. The van der Waals surface area contributed by atoms with Crippen molar-refractivity contribution >= 4 is 0 Å². The fraction of sp³-hybridized carbons (Fsp3) is 0.625. The van der Waals surface area contributed by atoms with Gasteiger partial charge in [0.15, 0.2) is 11.6 Å². The van der Waals surface area contributed by atoms with E-state index in [2.05, 4.69) is 39.9 Å². The van der Waals surface area contributed by atoms with Crippen LogP contribution in [0.4, 0.5) is 4.39 Å². The number of halogens is 1. The van der Waals surface area contributed by atoms with Crippen LogP contribution in [0.5, 0.6) is 5.75 Å². The molecule has 1 aromatic rings. The van der Waals surface area contributed by atoms with Crippen LogP contribution in [-0.4, -0.2) is 12.6 Å². The van der Waals surface area contributed by atoms with Gasteiger partial charge in [-0.25, -0.2) is 4.39 Å². The summed E-state index contributed by atoms with van der Waals surface area (Å²) in [7, 11) is 0. The van der Waals surface area contributed by atoms with Crippen LogP contribution in [0.1, 0.15) is 46.6 Å². The van der Waals surface area contributed by atoms with E-state index in [1.807, 2.05) is 6.07 Å². The molecule has 0 atom stereocenters. The van der Waals surface area contributed by atoms with Crippen molar-refractivity contribution in [3.8, 4) is 5.75 Å². The van der Waals surface area contributed by atoms with Gasteiger partial charge >= 0.3 is 0 Å². The Kier molecular flexibility index (Phi) is 5.80. The van der Waals surface area contributed by atoms with Gasteiger partial charge < -0.3 is 10.1 Å². The zero-order valence-electron chi connectivity index (χ0n) is 12.7. The lowest BCUT2D eigenvalue weighted by atomic mass is 9.93. The lowest BCUT2D eigenvalue weighted by Gasteiger charge is -2.18. The molecule has 0 saturated carbocycles. The van der Waals surface area contributed by atoms with Crippen molar-refractivity contribution in [2.45, 2.75) is 53.6 Å². The van der Waals surface area contributed by atoms with E-state index in [1.165, 1.54) is 0 Å². The van der Waals surface area contributed by atoms with Crippen LogP contribution in [0.3, 0.4) is 0 Å². The number of ether oxygens (including phenoxy) is 1. The summed E-state index contributed by atoms with van der Waals surface area (Å²) < 4.78 is 19.3. The highest BCUT2D eigenvalue weighted by Crippen LogP contribution is 2.22. The first-order chi connectivity index (χ1) is 8.78. The Balaban J connectivity index is 2.52. The largest absolute Gasteiger partial charge is 0.490 e. The molecule has 0 unspecified atom stereocenters. The molecule has 0 saturated heterocycles. The molecule has 1 N–H and O–H groups in total. The van der Waals surface area contributed by atoms with Crippen molar-refractivity contribution in [1.82, 2.24) is 5.32 Å². The molecular weight excluding hydrogens is 241 g/mol. The van der Waals surface area contributed by atoms with Gasteiger partial charge in [-0.3, -0.25) is 0 Å². The molecule has 0 heterocycles. The van der Waals surface area contributed by atoms with Crippen molar-refractivity contribution < 1.29 is 9.13 Å². The monoisotopic (exact) mass is 267 g/mol. The lowest BCUT2D eigenvalue weighted by molar-refractivity contribution is 0.235. The van der Waals surface area contributed by atoms with Gasteiger partial charge in [-0.1, -0.05) is 40.7 Å². The highest BCUT2D eigenvalue weighted by atomic mass is 19.1. The molecule has 19 heavy (non-hydrogen) atoms. The number of rotatable bonds is 6. The van der Waals surface area contributed by atoms with E-state index in [0.717, 1.165) is 12.0 Å². The van der Waals surface area contributed by atoms with Crippen LogP contribution < -0.4 is 10.1 Å². The van der Waals surface area contributed by atoms with Gasteiger partial charge in [-0.05, 0) is 29.5 Å². The minimum atomic E-state index is -0.281. The van der Waals surface area contributed by atoms with E-state index < -0.39 is 0 Å². The molecule has 2 nitrogen and oxygen atoms in total. The van der Waals surface area contributed by atoms with Crippen LogP contribution in [0, 0.1) is 11.2 Å². The van der Waals surface area contributed by atoms with Crippen molar-refractivity contribution in [1.29, 1.82) is 0 Å². The Bertz CT molecular complexity index is 396. The highest BCUT2D eigenvalue weighted by molar-refractivity contribution is 5.29. The van der Waals surface area contributed by atoms with Crippen LogP contribution in [-0.2, 0) is 6.54 Å². The first kappa shape index (κ1) is 16.0. The van der Waals surface area contributed by atoms with E-state index >= 15 is 0 Å². The summed E-state index contributed by atoms with van der Waals surface area (Å²) in [5.41, 5.74) is 1.15. The molecule has 108 valence electrons. The average molecular weight is 267 g/mol. The first-order valence-corrected chi connectivity index (χ1v) is 6.92. The quantitative estimate of drug-likeness (QED) is 0.836. The van der Waals surface area contributed by atoms with Gasteiger partial charge in [0.05, 0.1) is 6.61 Å².